The summed E-state index contributed by atoms with van der Waals surface area (Å²) >= 11 is 1.50. The number of thioether (sulfide) groups is 1. The van der Waals surface area contributed by atoms with Gasteiger partial charge in [0.2, 0.25) is 15.9 Å². The van der Waals surface area contributed by atoms with E-state index in [0.29, 0.717) is 43.7 Å². The summed E-state index contributed by atoms with van der Waals surface area (Å²) in [5, 5.41) is 22.6. The first kappa shape index (κ1) is 43.5. The Morgan fingerprint density at radius 1 is 0.887 bits per heavy atom. The Kier molecular flexibility index (Phi) is 12.3. The zero-order valence-corrected chi connectivity index (χ0v) is 36.9. The molecule has 62 heavy (non-hydrogen) atoms. The lowest BCUT2D eigenvalue weighted by Crippen LogP contribution is -2.52. The maximum atomic E-state index is 14.2. The number of nitro groups is 2. The number of amides is 1. The van der Waals surface area contributed by atoms with Crippen LogP contribution in [0.2, 0.25) is 0 Å². The van der Waals surface area contributed by atoms with Crippen LogP contribution in [0.25, 0.3) is 11.0 Å². The monoisotopic (exact) mass is 879 g/mol. The number of rotatable bonds is 15. The zero-order chi connectivity index (χ0) is 43.8. The fourth-order valence-electron chi connectivity index (χ4n) is 10.2. The number of non-ortho nitro benzene ring substituents is 1. The Hall–Kier alpha value is -5.16. The molecule has 0 radical (unpaired) electrons. The number of hydrogen-bond acceptors (Lipinski definition) is 10. The molecular formula is C46H53N7O7S2. The average Bonchev–Trinajstić information content (AvgIpc) is 3.72. The molecule has 1 unspecified atom stereocenters. The molecule has 3 fully saturated rings. The minimum Gasteiger partial charge on any atom is -0.341 e. The molecule has 8 rings (SSSR count). The van der Waals surface area contributed by atoms with Crippen molar-refractivity contribution in [2.75, 3.05) is 26.2 Å². The average molecular weight is 880 g/mol. The fraction of sp³-hybridized carbons (Fsp3) is 0.435. The summed E-state index contributed by atoms with van der Waals surface area (Å²) in [4.78, 5) is 45.0. The molecular weight excluding hydrogens is 827 g/mol. The van der Waals surface area contributed by atoms with Gasteiger partial charge < -0.3 is 9.47 Å². The summed E-state index contributed by atoms with van der Waals surface area (Å²) in [6, 6.07) is 31.0. The van der Waals surface area contributed by atoms with E-state index in [-0.39, 0.29) is 17.9 Å². The van der Waals surface area contributed by atoms with Gasteiger partial charge in [0, 0.05) is 48.7 Å². The minimum atomic E-state index is -4.32. The molecule has 3 atom stereocenters. The van der Waals surface area contributed by atoms with E-state index in [1.165, 1.54) is 35.7 Å². The normalized spacial score (nSPS) is 20.4. The standard InChI is InChI=1S/C46H53N7O7S2/c1-32-48-40-11-7-8-12-41(40)51(32)38-29-35-15-16-36(30-38)50(35)28-24-46(34-9-5-4-6-10-34)22-26-49(27-23-46)44(54)45(2,3)61-39-18-13-33(14-19-39)21-25-47-62(59,60)43-20-17-37(52(55)56)31-42(43)53(57)58/h4-14,17-20,31,35-36,38,47H,15-16,21-30H2,1-3H3/t35-,36+,38?. The highest BCUT2D eigenvalue weighted by Crippen LogP contribution is 2.46. The number of aromatic nitrogens is 2. The molecule has 4 aromatic carbocycles. The maximum Gasteiger partial charge on any atom is 0.296 e. The zero-order valence-electron chi connectivity index (χ0n) is 35.3. The molecule has 4 heterocycles. The van der Waals surface area contributed by atoms with Crippen LogP contribution in [0.4, 0.5) is 11.4 Å². The SMILES string of the molecule is Cc1nc2ccccc2n1C1C[C@H]2CC[C@@H](C1)N2CCC1(c2ccccc2)CCN(C(=O)C(C)(C)Sc2ccc(CCNS(=O)(=O)c3ccc([N+](=O)[O-])cc3[N+](=O)[O-])cc2)CC1. The number of nitrogens with zero attached hydrogens (tertiary/aromatic N) is 6. The van der Waals surface area contributed by atoms with Crippen molar-refractivity contribution < 1.29 is 23.1 Å². The molecule has 5 aromatic rings. The first-order valence-corrected chi connectivity index (χ1v) is 23.7. The van der Waals surface area contributed by atoms with Gasteiger partial charge in [-0.1, -0.05) is 54.6 Å². The Morgan fingerprint density at radius 3 is 2.21 bits per heavy atom. The number of hydrogen-bond donors (Lipinski definition) is 1. The van der Waals surface area contributed by atoms with Crippen LogP contribution < -0.4 is 4.72 Å². The van der Waals surface area contributed by atoms with Gasteiger partial charge in [-0.05, 0) is 126 Å². The van der Waals surface area contributed by atoms with E-state index in [4.69, 9.17) is 4.98 Å². The van der Waals surface area contributed by atoms with Gasteiger partial charge in [-0.25, -0.2) is 18.1 Å². The number of piperidine rings is 2. The summed E-state index contributed by atoms with van der Waals surface area (Å²) in [5.74, 6) is 1.21. The third-order valence-corrected chi connectivity index (χ3v) is 16.1. The van der Waals surface area contributed by atoms with Gasteiger partial charge in [0.1, 0.15) is 5.82 Å². The van der Waals surface area contributed by atoms with Crippen molar-refractivity contribution in [2.24, 2.45) is 0 Å². The van der Waals surface area contributed by atoms with Crippen molar-refractivity contribution in [3.8, 4) is 0 Å². The molecule has 0 spiro atoms. The number of fused-ring (bicyclic) bond motifs is 3. The number of imidazole rings is 1. The van der Waals surface area contributed by atoms with Crippen LogP contribution in [0, 0.1) is 27.2 Å². The van der Waals surface area contributed by atoms with Gasteiger partial charge in [-0.3, -0.25) is 29.9 Å². The molecule has 3 aliphatic rings. The molecule has 326 valence electrons. The number of nitrogens with one attached hydrogen (secondary N) is 1. The number of nitro benzene ring substituents is 2. The number of carbonyl (C=O) groups excluding carboxylic acids is 1. The largest absolute Gasteiger partial charge is 0.341 e. The molecule has 0 aliphatic carbocycles. The van der Waals surface area contributed by atoms with E-state index >= 15 is 0 Å². The Balaban J connectivity index is 0.861. The number of carbonyl (C=O) groups is 1. The number of aryl methyl sites for hydroxylation is 1. The molecule has 1 aromatic heterocycles. The van der Waals surface area contributed by atoms with Crippen LogP contribution >= 0.6 is 11.8 Å². The summed E-state index contributed by atoms with van der Waals surface area (Å²) in [6.07, 6.45) is 7.96. The van der Waals surface area contributed by atoms with Crippen LogP contribution in [0.5, 0.6) is 0 Å². The van der Waals surface area contributed by atoms with Crippen LogP contribution in [0.3, 0.4) is 0 Å². The quantitative estimate of drug-likeness (QED) is 0.0612. The van der Waals surface area contributed by atoms with Gasteiger partial charge in [0.05, 0.1) is 31.7 Å². The molecule has 3 saturated heterocycles. The fourth-order valence-corrected chi connectivity index (χ4v) is 12.5. The van der Waals surface area contributed by atoms with E-state index in [1.54, 1.807) is 0 Å². The lowest BCUT2D eigenvalue weighted by molar-refractivity contribution is -0.396. The summed E-state index contributed by atoms with van der Waals surface area (Å²) < 4.78 is 30.0. The minimum absolute atomic E-state index is 0.0106. The van der Waals surface area contributed by atoms with E-state index < -0.39 is 40.9 Å². The lowest BCUT2D eigenvalue weighted by Gasteiger charge is -2.46. The van der Waals surface area contributed by atoms with E-state index in [2.05, 4.69) is 75.7 Å². The van der Waals surface area contributed by atoms with Gasteiger partial charge in [0.25, 0.3) is 11.4 Å². The van der Waals surface area contributed by atoms with Crippen molar-refractivity contribution >= 4 is 50.1 Å². The Morgan fingerprint density at radius 2 is 1.55 bits per heavy atom. The van der Waals surface area contributed by atoms with Crippen molar-refractivity contribution in [1.29, 1.82) is 0 Å². The summed E-state index contributed by atoms with van der Waals surface area (Å²) in [5.41, 5.74) is 3.06. The van der Waals surface area contributed by atoms with E-state index in [1.807, 2.05) is 43.0 Å². The molecule has 14 nitrogen and oxygen atoms in total. The molecule has 0 saturated carbocycles. The Bertz CT molecular complexity index is 2560. The van der Waals surface area contributed by atoms with E-state index in [0.717, 1.165) is 72.6 Å². The van der Waals surface area contributed by atoms with Gasteiger partial charge >= 0.3 is 0 Å². The van der Waals surface area contributed by atoms with Crippen LogP contribution in [-0.2, 0) is 26.7 Å². The maximum absolute atomic E-state index is 14.2. The third-order valence-electron chi connectivity index (χ3n) is 13.4. The molecule has 1 amide bonds. The number of benzene rings is 4. The van der Waals surface area contributed by atoms with Crippen LogP contribution in [0.15, 0.2) is 107 Å². The van der Waals surface area contributed by atoms with Crippen molar-refractivity contribution in [3.63, 3.8) is 0 Å². The van der Waals surface area contributed by atoms with E-state index in [9.17, 15) is 33.4 Å². The third kappa shape index (κ3) is 8.87. The highest BCUT2D eigenvalue weighted by Gasteiger charge is 2.45. The van der Waals surface area contributed by atoms with Crippen LogP contribution in [-0.4, -0.2) is 86.5 Å². The molecule has 2 bridgehead atoms. The second kappa shape index (κ2) is 17.5. The molecule has 3 aliphatic heterocycles. The highest BCUT2D eigenvalue weighted by molar-refractivity contribution is 8.01. The smallest absolute Gasteiger partial charge is 0.296 e. The number of likely N-dealkylation sites (tertiary alicyclic amines) is 1. The van der Waals surface area contributed by atoms with Gasteiger partial charge in [-0.15, -0.1) is 11.8 Å². The second-order valence-corrected chi connectivity index (χ2v) is 21.0. The first-order chi connectivity index (χ1) is 29.6. The van der Waals surface area contributed by atoms with Crippen molar-refractivity contribution in [1.82, 2.24) is 24.1 Å². The second-order valence-electron chi connectivity index (χ2n) is 17.5. The molecule has 16 heteroatoms. The highest BCUT2D eigenvalue weighted by atomic mass is 32.2. The summed E-state index contributed by atoms with van der Waals surface area (Å²) in [7, 11) is -4.32. The topological polar surface area (TPSA) is 174 Å². The predicted octanol–water partition coefficient (Wildman–Crippen LogP) is 8.37. The van der Waals surface area contributed by atoms with Gasteiger partial charge in [-0.2, -0.15) is 0 Å². The number of para-hydroxylation sites is 2. The molecule has 1 N–H and O–H groups in total. The number of sulfonamides is 1. The predicted molar refractivity (Wildman–Crippen MR) is 240 cm³/mol. The summed E-state index contributed by atoms with van der Waals surface area (Å²) in [6.45, 7) is 8.47. The van der Waals surface area contributed by atoms with Crippen molar-refractivity contribution in [3.05, 3.63) is 134 Å². The lowest BCUT2D eigenvalue weighted by atomic mass is 9.70. The first-order valence-electron chi connectivity index (χ1n) is 21.4. The van der Waals surface area contributed by atoms with Crippen molar-refractivity contribution in [2.45, 2.75) is 110 Å². The van der Waals surface area contributed by atoms with Gasteiger partial charge in [0.15, 0.2) is 4.90 Å². The van der Waals surface area contributed by atoms with Crippen LogP contribution in [0.1, 0.15) is 81.8 Å². The Labute approximate surface area is 366 Å².